The molecular formula is C22H32AsN7O2. The van der Waals surface area contributed by atoms with Gasteiger partial charge >= 0.3 is 165 Å². The number of hydrogen-bond acceptors (Lipinski definition) is 8. The third-order valence-electron chi connectivity index (χ3n) is 5.75. The van der Waals surface area contributed by atoms with Gasteiger partial charge in [0.2, 0.25) is 0 Å². The predicted molar refractivity (Wildman–Crippen MR) is 127 cm³/mol. The fraction of sp³-hybridized carbons (Fsp3) is 0.545. The number of morpholine rings is 1. The quantitative estimate of drug-likeness (QED) is 0.432. The molecule has 4 rings (SSSR count). The summed E-state index contributed by atoms with van der Waals surface area (Å²) in [4.78, 5) is 29.6. The summed E-state index contributed by atoms with van der Waals surface area (Å²) in [6, 6.07) is 4.02. The zero-order chi connectivity index (χ0) is 22.3. The standard InChI is InChI=1S/C22H32AsN7O2/c1-29(8-9-30-10-12-32-13-11-30)20-5-4-17(14-25-20)27-22-26-15-18(16-2-3-16)21(28-22)23-7-6-19(24)31/h4-5,14-16,23H,2-3,6-13H2,1H3,(H2,24,31)(H,26,27,28). The average Bonchev–Trinajstić information content (AvgIpc) is 3.64. The van der Waals surface area contributed by atoms with Crippen molar-refractivity contribution in [1.82, 2.24) is 19.9 Å². The van der Waals surface area contributed by atoms with E-state index in [4.69, 9.17) is 15.5 Å². The van der Waals surface area contributed by atoms with Gasteiger partial charge in [-0.25, -0.2) is 0 Å². The molecule has 172 valence electrons. The average molecular weight is 501 g/mol. The first-order valence-electron chi connectivity index (χ1n) is 11.2. The third-order valence-corrected chi connectivity index (χ3v) is 8.34. The minimum atomic E-state index is -0.516. The van der Waals surface area contributed by atoms with E-state index in [1.54, 1.807) is 0 Å². The van der Waals surface area contributed by atoms with Gasteiger partial charge in [0.05, 0.1) is 13.2 Å². The Labute approximate surface area is 195 Å². The second-order valence-electron chi connectivity index (χ2n) is 8.32. The molecular weight excluding hydrogens is 469 g/mol. The zero-order valence-corrected chi connectivity index (χ0v) is 20.7. The summed E-state index contributed by atoms with van der Waals surface area (Å²) in [5.74, 6) is 1.87. The number of primary amides is 1. The van der Waals surface area contributed by atoms with Gasteiger partial charge in [0, 0.05) is 13.1 Å². The molecule has 2 fully saturated rings. The molecule has 0 aromatic carbocycles. The van der Waals surface area contributed by atoms with E-state index in [-0.39, 0.29) is 5.91 Å². The Morgan fingerprint density at radius 3 is 2.78 bits per heavy atom. The topological polar surface area (TPSA) is 110 Å². The number of hydrogen-bond donors (Lipinski definition) is 2. The van der Waals surface area contributed by atoms with Crippen molar-refractivity contribution in [1.29, 1.82) is 0 Å². The van der Waals surface area contributed by atoms with Gasteiger partial charge in [0.25, 0.3) is 0 Å². The molecule has 2 aromatic heterocycles. The zero-order valence-electron chi connectivity index (χ0n) is 18.6. The van der Waals surface area contributed by atoms with Gasteiger partial charge in [-0.15, -0.1) is 0 Å². The Morgan fingerprint density at radius 1 is 1.28 bits per heavy atom. The Morgan fingerprint density at radius 2 is 2.09 bits per heavy atom. The Hall–Kier alpha value is -2.22. The first-order valence-corrected chi connectivity index (χ1v) is 13.7. The second kappa shape index (κ2) is 11.1. The maximum absolute atomic E-state index is 11.1. The van der Waals surface area contributed by atoms with Crippen LogP contribution in [0.25, 0.3) is 0 Å². The molecule has 3 N–H and O–H groups in total. The van der Waals surface area contributed by atoms with Crippen LogP contribution in [0.1, 0.15) is 30.7 Å². The minimum absolute atomic E-state index is 0.241. The Bertz CT molecular complexity index is 902. The van der Waals surface area contributed by atoms with Crippen molar-refractivity contribution in [2.24, 2.45) is 5.73 Å². The predicted octanol–water partition coefficient (Wildman–Crippen LogP) is 0.617. The molecule has 10 heteroatoms. The molecule has 1 amide bonds. The van der Waals surface area contributed by atoms with E-state index in [9.17, 15) is 4.79 Å². The van der Waals surface area contributed by atoms with Crippen LogP contribution in [-0.4, -0.2) is 88.0 Å². The van der Waals surface area contributed by atoms with Crippen LogP contribution < -0.4 is 20.4 Å². The van der Waals surface area contributed by atoms with Crippen LogP contribution in [0, 0.1) is 0 Å². The molecule has 9 nitrogen and oxygen atoms in total. The third kappa shape index (κ3) is 6.64. The number of nitrogens with one attached hydrogen (secondary N) is 1. The first kappa shape index (κ1) is 23.0. The van der Waals surface area contributed by atoms with Crippen molar-refractivity contribution in [3.8, 4) is 0 Å². The van der Waals surface area contributed by atoms with Gasteiger partial charge < -0.3 is 4.74 Å². The molecule has 0 spiro atoms. The number of pyridine rings is 1. The van der Waals surface area contributed by atoms with Crippen molar-refractivity contribution < 1.29 is 9.53 Å². The monoisotopic (exact) mass is 501 g/mol. The summed E-state index contributed by atoms with van der Waals surface area (Å²) in [5.41, 5.74) is 7.43. The van der Waals surface area contributed by atoms with E-state index in [1.807, 2.05) is 24.5 Å². The number of rotatable bonds is 11. The van der Waals surface area contributed by atoms with Crippen molar-refractivity contribution >= 4 is 43.6 Å². The second-order valence-corrected chi connectivity index (χ2v) is 11.1. The van der Waals surface area contributed by atoms with Gasteiger partial charge in [0.1, 0.15) is 0 Å². The van der Waals surface area contributed by atoms with Crippen LogP contribution in [0.5, 0.6) is 0 Å². The number of aromatic nitrogens is 3. The summed E-state index contributed by atoms with van der Waals surface area (Å²) < 4.78 is 6.55. The molecule has 3 heterocycles. The summed E-state index contributed by atoms with van der Waals surface area (Å²) in [5, 5.41) is 4.11. The number of nitrogens with two attached hydrogens (primary N) is 1. The number of ether oxygens (including phenoxy) is 1. The van der Waals surface area contributed by atoms with Crippen LogP contribution in [0.3, 0.4) is 0 Å². The normalized spacial score (nSPS) is 17.0. The summed E-state index contributed by atoms with van der Waals surface area (Å²) in [6.07, 6.45) is 6.62. The molecule has 1 saturated heterocycles. The number of anilines is 3. The van der Waals surface area contributed by atoms with Gasteiger partial charge in [-0.05, 0) is 0 Å². The van der Waals surface area contributed by atoms with Gasteiger partial charge in [-0.3, -0.25) is 0 Å². The molecule has 2 aromatic rings. The summed E-state index contributed by atoms with van der Waals surface area (Å²) in [6.45, 7) is 5.56. The Kier molecular flexibility index (Phi) is 7.94. The molecule has 1 saturated carbocycles. The number of carbonyl (C=O) groups excluding carboxylic acids is 1. The molecule has 32 heavy (non-hydrogen) atoms. The summed E-state index contributed by atoms with van der Waals surface area (Å²) >= 11 is -0.516. The molecule has 0 bridgehead atoms. The number of likely N-dealkylation sites (N-methyl/N-ethyl adjacent to an activating group) is 1. The molecule has 0 radical (unpaired) electrons. The van der Waals surface area contributed by atoms with Crippen molar-refractivity contribution in [2.45, 2.75) is 30.4 Å². The van der Waals surface area contributed by atoms with Crippen LogP contribution in [-0.2, 0) is 9.53 Å². The fourth-order valence-electron chi connectivity index (χ4n) is 3.64. The van der Waals surface area contributed by atoms with Gasteiger partial charge in [0.15, 0.2) is 0 Å². The molecule has 1 aliphatic heterocycles. The first-order chi connectivity index (χ1) is 15.6. The van der Waals surface area contributed by atoms with Gasteiger partial charge in [-0.2, -0.15) is 0 Å². The fourth-order valence-corrected chi connectivity index (χ4v) is 6.29. The van der Waals surface area contributed by atoms with Crippen LogP contribution in [0.2, 0.25) is 5.21 Å². The van der Waals surface area contributed by atoms with Crippen molar-refractivity contribution in [3.05, 3.63) is 30.1 Å². The summed E-state index contributed by atoms with van der Waals surface area (Å²) in [7, 11) is 2.07. The number of amides is 1. The van der Waals surface area contributed by atoms with Crippen LogP contribution >= 0.6 is 0 Å². The van der Waals surface area contributed by atoms with Crippen molar-refractivity contribution in [3.63, 3.8) is 0 Å². The molecule has 1 aliphatic carbocycles. The van der Waals surface area contributed by atoms with Gasteiger partial charge in [-0.1, -0.05) is 0 Å². The van der Waals surface area contributed by atoms with E-state index in [1.165, 1.54) is 18.4 Å². The van der Waals surface area contributed by atoms with E-state index in [2.05, 4.69) is 32.1 Å². The van der Waals surface area contributed by atoms with E-state index in [0.29, 0.717) is 18.3 Å². The van der Waals surface area contributed by atoms with Crippen molar-refractivity contribution in [2.75, 3.05) is 56.7 Å². The van der Waals surface area contributed by atoms with E-state index >= 15 is 0 Å². The molecule has 2 aliphatic rings. The molecule has 1 unspecified atom stereocenters. The van der Waals surface area contributed by atoms with Crippen LogP contribution in [0.15, 0.2) is 24.5 Å². The van der Waals surface area contributed by atoms with E-state index in [0.717, 1.165) is 60.6 Å². The number of carbonyl (C=O) groups is 1. The SMILES string of the molecule is CN(CCN1CCOCC1)c1ccc(Nc2ncc(C3CC3)c([AsH]CCC(N)=O)n2)cn1. The maximum atomic E-state index is 11.1. The van der Waals surface area contributed by atoms with Crippen LogP contribution in [0.4, 0.5) is 17.5 Å². The molecule has 1 atom stereocenters. The van der Waals surface area contributed by atoms with E-state index < -0.39 is 15.8 Å². The number of nitrogens with zero attached hydrogens (tertiary/aromatic N) is 5. The Balaban J connectivity index is 1.34.